The molecule has 1 aliphatic rings. The number of pyridine rings is 1. The standard InChI is InChI=1S/C24H19F3N6O2S/c1-32(17-12-19(24(25,26)27)20(13-28)31-14-17)21(34)23(8-2-9-23)33(15-36)16-4-6-18(7-5-16)35-22-29-10-3-11-30-22/h3-7,10-12,14-15H,2,8-9H2,1H3. The van der Waals surface area contributed by atoms with E-state index in [4.69, 9.17) is 22.2 Å². The first-order valence-corrected chi connectivity index (χ1v) is 11.2. The number of nitriles is 1. The first-order chi connectivity index (χ1) is 17.2. The second kappa shape index (κ2) is 9.87. The van der Waals surface area contributed by atoms with Gasteiger partial charge in [-0.3, -0.25) is 4.79 Å². The average Bonchev–Trinajstić information content (AvgIpc) is 2.85. The van der Waals surface area contributed by atoms with Crippen molar-refractivity contribution < 1.29 is 22.7 Å². The molecule has 1 aliphatic carbocycles. The Bertz CT molecular complexity index is 1310. The van der Waals surface area contributed by atoms with Crippen LogP contribution in [-0.2, 0) is 11.0 Å². The summed E-state index contributed by atoms with van der Waals surface area (Å²) in [6.07, 6.45) is 1.04. The predicted molar refractivity (Wildman–Crippen MR) is 129 cm³/mol. The van der Waals surface area contributed by atoms with Crippen molar-refractivity contribution in [1.82, 2.24) is 15.0 Å². The monoisotopic (exact) mass is 512 g/mol. The topological polar surface area (TPSA) is 95.2 Å². The molecule has 184 valence electrons. The van der Waals surface area contributed by atoms with Crippen LogP contribution < -0.4 is 14.5 Å². The Kier molecular flexibility index (Phi) is 6.85. The van der Waals surface area contributed by atoms with Crippen LogP contribution in [0.5, 0.6) is 11.8 Å². The molecule has 4 rings (SSSR count). The summed E-state index contributed by atoms with van der Waals surface area (Å²) >= 11 is 5.25. The van der Waals surface area contributed by atoms with Crippen LogP contribution in [-0.4, -0.2) is 38.9 Å². The number of amides is 1. The molecule has 8 nitrogen and oxygen atoms in total. The number of anilines is 2. The summed E-state index contributed by atoms with van der Waals surface area (Å²) in [7, 11) is 1.38. The number of aromatic nitrogens is 3. The number of nitrogens with zero attached hydrogens (tertiary/aromatic N) is 6. The molecule has 2 aromatic heterocycles. The van der Waals surface area contributed by atoms with Gasteiger partial charge < -0.3 is 14.5 Å². The molecule has 0 radical (unpaired) electrons. The highest BCUT2D eigenvalue weighted by Gasteiger charge is 2.50. The quantitative estimate of drug-likeness (QED) is 0.413. The molecule has 0 unspecified atom stereocenters. The number of benzene rings is 1. The molecule has 36 heavy (non-hydrogen) atoms. The number of carbonyl (C=O) groups is 1. The van der Waals surface area contributed by atoms with Crippen molar-refractivity contribution in [3.63, 3.8) is 0 Å². The number of ether oxygens (including phenoxy) is 1. The summed E-state index contributed by atoms with van der Waals surface area (Å²) in [5, 5.41) is 9.00. The number of rotatable bonds is 7. The first kappa shape index (κ1) is 25.0. The number of thiocarbonyl (C=S) groups is 1. The van der Waals surface area contributed by atoms with Gasteiger partial charge in [-0.2, -0.15) is 18.4 Å². The van der Waals surface area contributed by atoms with Gasteiger partial charge in [0.05, 0.1) is 22.9 Å². The molecule has 1 amide bonds. The normalized spacial score (nSPS) is 14.2. The van der Waals surface area contributed by atoms with E-state index in [1.54, 1.807) is 47.6 Å². The largest absolute Gasteiger partial charge is 0.424 e. The van der Waals surface area contributed by atoms with E-state index >= 15 is 0 Å². The molecule has 12 heteroatoms. The molecule has 0 N–H and O–H groups in total. The SMILES string of the molecule is CN(C(=O)C1(N(C=S)c2ccc(Oc3ncccn3)cc2)CCC1)c1cnc(C#N)c(C(F)(F)F)c1. The zero-order chi connectivity index (χ0) is 25.9. The van der Waals surface area contributed by atoms with Crippen molar-refractivity contribution in [3.8, 4) is 17.8 Å². The van der Waals surface area contributed by atoms with Gasteiger partial charge in [0.15, 0.2) is 5.69 Å². The van der Waals surface area contributed by atoms with E-state index in [1.807, 2.05) is 0 Å². The molecule has 0 bridgehead atoms. The lowest BCUT2D eigenvalue weighted by Gasteiger charge is -2.49. The van der Waals surface area contributed by atoms with E-state index in [9.17, 15) is 18.0 Å². The van der Waals surface area contributed by atoms with Gasteiger partial charge in [-0.25, -0.2) is 15.0 Å². The Balaban J connectivity index is 1.61. The van der Waals surface area contributed by atoms with Crippen LogP contribution in [0.25, 0.3) is 0 Å². The van der Waals surface area contributed by atoms with Crippen LogP contribution in [0.4, 0.5) is 24.5 Å². The number of halogens is 3. The van der Waals surface area contributed by atoms with E-state index in [-0.39, 0.29) is 11.7 Å². The van der Waals surface area contributed by atoms with Crippen molar-refractivity contribution >= 4 is 35.0 Å². The smallest absolute Gasteiger partial charge is 0.419 e. The zero-order valence-corrected chi connectivity index (χ0v) is 19.8. The molecule has 0 saturated heterocycles. The van der Waals surface area contributed by atoms with Crippen LogP contribution in [0.1, 0.15) is 30.5 Å². The van der Waals surface area contributed by atoms with E-state index in [1.165, 1.54) is 18.6 Å². The summed E-state index contributed by atoms with van der Waals surface area (Å²) < 4.78 is 45.9. The third-order valence-electron chi connectivity index (χ3n) is 5.99. The molecule has 0 atom stereocenters. The minimum absolute atomic E-state index is 0.0754. The Morgan fingerprint density at radius 1 is 1.17 bits per heavy atom. The minimum Gasteiger partial charge on any atom is -0.424 e. The van der Waals surface area contributed by atoms with Crippen molar-refractivity contribution in [1.29, 1.82) is 5.26 Å². The average molecular weight is 513 g/mol. The van der Waals surface area contributed by atoms with Gasteiger partial charge in [0.1, 0.15) is 17.4 Å². The van der Waals surface area contributed by atoms with E-state index in [0.29, 0.717) is 24.3 Å². The highest BCUT2D eigenvalue weighted by atomic mass is 32.1. The molecular weight excluding hydrogens is 493 g/mol. The van der Waals surface area contributed by atoms with Crippen LogP contribution in [0.3, 0.4) is 0 Å². The van der Waals surface area contributed by atoms with Crippen molar-refractivity contribution in [3.05, 3.63) is 66.2 Å². The molecule has 3 aromatic rings. The molecule has 0 spiro atoms. The molecular formula is C24H19F3N6O2S. The van der Waals surface area contributed by atoms with Crippen LogP contribution in [0.15, 0.2) is 55.0 Å². The van der Waals surface area contributed by atoms with Gasteiger partial charge in [-0.15, -0.1) is 0 Å². The van der Waals surface area contributed by atoms with Gasteiger partial charge >= 0.3 is 12.2 Å². The summed E-state index contributed by atoms with van der Waals surface area (Å²) in [5.74, 6) is 0.0382. The minimum atomic E-state index is -4.79. The van der Waals surface area contributed by atoms with E-state index in [2.05, 4.69) is 15.0 Å². The maximum Gasteiger partial charge on any atom is 0.419 e. The van der Waals surface area contributed by atoms with Crippen LogP contribution >= 0.6 is 12.2 Å². The van der Waals surface area contributed by atoms with Gasteiger partial charge in [0.2, 0.25) is 0 Å². The predicted octanol–water partition coefficient (Wildman–Crippen LogP) is 4.90. The fraction of sp³-hybridized carbons (Fsp3) is 0.250. The van der Waals surface area contributed by atoms with Gasteiger partial charge in [-0.1, -0.05) is 12.2 Å². The fourth-order valence-electron chi connectivity index (χ4n) is 3.97. The number of alkyl halides is 3. The summed E-state index contributed by atoms with van der Waals surface area (Å²) in [5.41, 5.74) is -1.13. The van der Waals surface area contributed by atoms with Gasteiger partial charge in [-0.05, 0) is 55.7 Å². The maximum atomic E-state index is 13.6. The Labute approximate surface area is 210 Å². The van der Waals surface area contributed by atoms with Crippen molar-refractivity contribution in [2.75, 3.05) is 16.8 Å². The number of hydrogen-bond donors (Lipinski definition) is 0. The highest BCUT2D eigenvalue weighted by Crippen LogP contribution is 2.43. The number of likely N-dealkylation sites (N-methyl/N-ethyl adjacent to an activating group) is 1. The lowest BCUT2D eigenvalue weighted by Crippen LogP contribution is -2.63. The summed E-state index contributed by atoms with van der Waals surface area (Å²) in [4.78, 5) is 28.0. The first-order valence-electron chi connectivity index (χ1n) is 10.7. The summed E-state index contributed by atoms with van der Waals surface area (Å²) in [6, 6.07) is 10.8. The molecule has 1 saturated carbocycles. The maximum absolute atomic E-state index is 13.6. The second-order valence-electron chi connectivity index (χ2n) is 8.05. The van der Waals surface area contributed by atoms with Gasteiger partial charge in [0.25, 0.3) is 5.91 Å². The lowest BCUT2D eigenvalue weighted by atomic mass is 9.74. The molecule has 1 fully saturated rings. The Hall–Kier alpha value is -4.11. The third-order valence-corrected chi connectivity index (χ3v) is 6.20. The van der Waals surface area contributed by atoms with Crippen molar-refractivity contribution in [2.45, 2.75) is 31.0 Å². The lowest BCUT2D eigenvalue weighted by molar-refractivity contribution is -0.138. The van der Waals surface area contributed by atoms with Crippen LogP contribution in [0.2, 0.25) is 0 Å². The van der Waals surface area contributed by atoms with E-state index in [0.717, 1.165) is 23.6 Å². The second-order valence-corrected chi connectivity index (χ2v) is 8.26. The third kappa shape index (κ3) is 4.70. The zero-order valence-electron chi connectivity index (χ0n) is 18.9. The molecule has 1 aromatic carbocycles. The highest BCUT2D eigenvalue weighted by molar-refractivity contribution is 7.79. The Morgan fingerprint density at radius 3 is 2.36 bits per heavy atom. The summed E-state index contributed by atoms with van der Waals surface area (Å²) in [6.45, 7) is 0. The number of hydrogen-bond acceptors (Lipinski definition) is 7. The van der Waals surface area contributed by atoms with E-state index < -0.39 is 28.9 Å². The number of carbonyl (C=O) groups excluding carboxylic acids is 1. The van der Waals surface area contributed by atoms with Crippen molar-refractivity contribution in [2.24, 2.45) is 0 Å². The Morgan fingerprint density at radius 2 is 1.83 bits per heavy atom. The fourth-order valence-corrected chi connectivity index (χ4v) is 4.29. The molecule has 2 heterocycles. The van der Waals surface area contributed by atoms with Gasteiger partial charge in [0, 0.05) is 25.1 Å². The molecule has 0 aliphatic heterocycles. The van der Waals surface area contributed by atoms with Crippen LogP contribution in [0, 0.1) is 11.3 Å².